The molecule has 0 radical (unpaired) electrons. The highest BCUT2D eigenvalue weighted by Crippen LogP contribution is 2.22. The predicted octanol–water partition coefficient (Wildman–Crippen LogP) is 5.03. The van der Waals surface area contributed by atoms with Crippen LogP contribution in [0.1, 0.15) is 11.1 Å². The number of carbonyl (C=O) groups is 1. The lowest BCUT2D eigenvalue weighted by molar-refractivity contribution is -0.111. The van der Waals surface area contributed by atoms with Crippen molar-refractivity contribution in [1.29, 1.82) is 0 Å². The standard InChI is InChI=1S/C22H17ClN4O/c1-15-13-20-21(26-27(25-20)18-10-8-17(23)9-11-18)14-19(15)24-22(28)12-7-16-5-3-2-4-6-16/h2-14H,1H3,(H,24,28). The van der Waals surface area contributed by atoms with Crippen molar-refractivity contribution in [2.75, 3.05) is 5.32 Å². The second-order valence-electron chi connectivity index (χ2n) is 6.35. The van der Waals surface area contributed by atoms with Crippen molar-refractivity contribution in [2.45, 2.75) is 6.92 Å². The zero-order valence-corrected chi connectivity index (χ0v) is 15.9. The molecule has 1 N–H and O–H groups in total. The summed E-state index contributed by atoms with van der Waals surface area (Å²) in [5, 5.41) is 12.6. The number of nitrogens with zero attached hydrogens (tertiary/aromatic N) is 3. The molecule has 1 heterocycles. The van der Waals surface area contributed by atoms with Crippen molar-refractivity contribution in [1.82, 2.24) is 15.0 Å². The number of carbonyl (C=O) groups excluding carboxylic acids is 1. The normalized spacial score (nSPS) is 11.2. The Morgan fingerprint density at radius 1 is 1.00 bits per heavy atom. The molecule has 0 atom stereocenters. The predicted molar refractivity (Wildman–Crippen MR) is 113 cm³/mol. The van der Waals surface area contributed by atoms with Gasteiger partial charge in [0.25, 0.3) is 0 Å². The smallest absolute Gasteiger partial charge is 0.248 e. The van der Waals surface area contributed by atoms with Gasteiger partial charge in [-0.25, -0.2) is 0 Å². The average molecular weight is 389 g/mol. The van der Waals surface area contributed by atoms with Crippen LogP contribution in [0.3, 0.4) is 0 Å². The first-order valence-electron chi connectivity index (χ1n) is 8.76. The molecular weight excluding hydrogens is 372 g/mol. The van der Waals surface area contributed by atoms with Crippen LogP contribution in [0.25, 0.3) is 22.8 Å². The van der Waals surface area contributed by atoms with Gasteiger partial charge in [-0.3, -0.25) is 4.79 Å². The van der Waals surface area contributed by atoms with Crippen molar-refractivity contribution in [3.8, 4) is 5.69 Å². The van der Waals surface area contributed by atoms with Crippen molar-refractivity contribution >= 4 is 40.3 Å². The van der Waals surface area contributed by atoms with E-state index in [2.05, 4.69) is 15.5 Å². The number of anilines is 1. The fourth-order valence-corrected chi connectivity index (χ4v) is 2.93. The van der Waals surface area contributed by atoms with Gasteiger partial charge in [-0.05, 0) is 60.5 Å². The molecule has 0 unspecified atom stereocenters. The first kappa shape index (κ1) is 17.9. The largest absolute Gasteiger partial charge is 0.322 e. The molecule has 1 amide bonds. The third-order valence-corrected chi connectivity index (χ3v) is 4.52. The molecule has 1 aromatic heterocycles. The minimum atomic E-state index is -0.198. The van der Waals surface area contributed by atoms with Gasteiger partial charge in [0.2, 0.25) is 5.91 Å². The minimum Gasteiger partial charge on any atom is -0.322 e. The Balaban J connectivity index is 1.57. The maximum Gasteiger partial charge on any atom is 0.248 e. The van der Waals surface area contributed by atoms with Crippen LogP contribution in [0.15, 0.2) is 72.8 Å². The maximum atomic E-state index is 12.3. The molecule has 6 heteroatoms. The molecule has 0 fully saturated rings. The van der Waals surface area contributed by atoms with Gasteiger partial charge in [-0.15, -0.1) is 10.2 Å². The summed E-state index contributed by atoms with van der Waals surface area (Å²) in [4.78, 5) is 13.8. The van der Waals surface area contributed by atoms with Crippen LogP contribution in [0.4, 0.5) is 5.69 Å². The van der Waals surface area contributed by atoms with Crippen LogP contribution in [-0.2, 0) is 4.79 Å². The topological polar surface area (TPSA) is 59.8 Å². The number of hydrogen-bond donors (Lipinski definition) is 1. The molecule has 4 aromatic rings. The Hall–Kier alpha value is -3.44. The number of nitrogens with one attached hydrogen (secondary N) is 1. The van der Waals surface area contributed by atoms with Gasteiger partial charge >= 0.3 is 0 Å². The fourth-order valence-electron chi connectivity index (χ4n) is 2.80. The molecule has 138 valence electrons. The van der Waals surface area contributed by atoms with E-state index in [9.17, 15) is 4.79 Å². The summed E-state index contributed by atoms with van der Waals surface area (Å²) in [5.41, 5.74) is 4.86. The van der Waals surface area contributed by atoms with Gasteiger partial charge in [0, 0.05) is 16.8 Å². The minimum absolute atomic E-state index is 0.198. The molecule has 28 heavy (non-hydrogen) atoms. The summed E-state index contributed by atoms with van der Waals surface area (Å²) in [5.74, 6) is -0.198. The van der Waals surface area contributed by atoms with Crippen LogP contribution in [-0.4, -0.2) is 20.9 Å². The third kappa shape index (κ3) is 3.94. The molecule has 0 aliphatic heterocycles. The average Bonchev–Trinajstić information content (AvgIpc) is 3.10. The monoisotopic (exact) mass is 388 g/mol. The number of aryl methyl sites for hydroxylation is 1. The number of hydrogen-bond acceptors (Lipinski definition) is 3. The van der Waals surface area contributed by atoms with Gasteiger partial charge in [-0.1, -0.05) is 41.9 Å². The third-order valence-electron chi connectivity index (χ3n) is 4.27. The van der Waals surface area contributed by atoms with E-state index in [0.717, 1.165) is 22.3 Å². The van der Waals surface area contributed by atoms with Crippen molar-refractivity contribution in [3.63, 3.8) is 0 Å². The highest BCUT2D eigenvalue weighted by molar-refractivity contribution is 6.30. The molecule has 0 spiro atoms. The second kappa shape index (κ2) is 7.66. The number of fused-ring (bicyclic) bond motifs is 1. The second-order valence-corrected chi connectivity index (χ2v) is 6.79. The van der Waals surface area contributed by atoms with Crippen molar-refractivity contribution in [3.05, 3.63) is 89.0 Å². The van der Waals surface area contributed by atoms with Gasteiger partial charge < -0.3 is 5.32 Å². The number of amides is 1. The zero-order valence-electron chi connectivity index (χ0n) is 15.1. The van der Waals surface area contributed by atoms with E-state index >= 15 is 0 Å². The van der Waals surface area contributed by atoms with Gasteiger partial charge in [0.1, 0.15) is 11.0 Å². The number of benzene rings is 3. The molecule has 0 saturated carbocycles. The Morgan fingerprint density at radius 2 is 1.68 bits per heavy atom. The SMILES string of the molecule is Cc1cc2nn(-c3ccc(Cl)cc3)nc2cc1NC(=O)C=Cc1ccccc1. The Bertz CT molecular complexity index is 1160. The lowest BCUT2D eigenvalue weighted by Gasteiger charge is -2.05. The van der Waals surface area contributed by atoms with E-state index in [1.807, 2.05) is 61.5 Å². The van der Waals surface area contributed by atoms with Crippen molar-refractivity contribution < 1.29 is 4.79 Å². The molecular formula is C22H17ClN4O. The van der Waals surface area contributed by atoms with Crippen LogP contribution >= 0.6 is 11.6 Å². The van der Waals surface area contributed by atoms with Gasteiger partial charge in [0.15, 0.2) is 0 Å². The van der Waals surface area contributed by atoms with E-state index in [1.165, 1.54) is 6.08 Å². The molecule has 0 aliphatic rings. The lowest BCUT2D eigenvalue weighted by atomic mass is 10.1. The lowest BCUT2D eigenvalue weighted by Crippen LogP contribution is -2.08. The molecule has 0 aliphatic carbocycles. The van der Waals surface area contributed by atoms with E-state index in [4.69, 9.17) is 11.6 Å². The highest BCUT2D eigenvalue weighted by atomic mass is 35.5. The van der Waals surface area contributed by atoms with Gasteiger partial charge in [0.05, 0.1) is 5.69 Å². The summed E-state index contributed by atoms with van der Waals surface area (Å²) in [6.45, 7) is 1.93. The highest BCUT2D eigenvalue weighted by Gasteiger charge is 2.10. The van der Waals surface area contributed by atoms with Crippen LogP contribution in [0.2, 0.25) is 5.02 Å². The summed E-state index contributed by atoms with van der Waals surface area (Å²) in [6, 6.07) is 20.7. The zero-order chi connectivity index (χ0) is 19.5. The molecule has 0 bridgehead atoms. The van der Waals surface area contributed by atoms with E-state index in [0.29, 0.717) is 16.2 Å². The number of halogens is 1. The van der Waals surface area contributed by atoms with E-state index in [-0.39, 0.29) is 5.91 Å². The Kier molecular flexibility index (Phi) is 4.91. The molecule has 5 nitrogen and oxygen atoms in total. The summed E-state index contributed by atoms with van der Waals surface area (Å²) >= 11 is 5.94. The van der Waals surface area contributed by atoms with Crippen LogP contribution < -0.4 is 5.32 Å². The van der Waals surface area contributed by atoms with Crippen LogP contribution in [0, 0.1) is 6.92 Å². The quantitative estimate of drug-likeness (QED) is 0.498. The maximum absolute atomic E-state index is 12.3. The summed E-state index contributed by atoms with van der Waals surface area (Å²) < 4.78 is 0. The number of aromatic nitrogens is 3. The van der Waals surface area contributed by atoms with Crippen LogP contribution in [0.5, 0.6) is 0 Å². The summed E-state index contributed by atoms with van der Waals surface area (Å²) in [6.07, 6.45) is 3.30. The molecule has 0 saturated heterocycles. The molecule has 3 aromatic carbocycles. The fraction of sp³-hybridized carbons (Fsp3) is 0.0455. The Morgan fingerprint density at radius 3 is 2.39 bits per heavy atom. The first-order chi connectivity index (χ1) is 13.6. The van der Waals surface area contributed by atoms with Crippen molar-refractivity contribution in [2.24, 2.45) is 0 Å². The molecule has 4 rings (SSSR count). The number of rotatable bonds is 4. The summed E-state index contributed by atoms with van der Waals surface area (Å²) in [7, 11) is 0. The van der Waals surface area contributed by atoms with Gasteiger partial charge in [-0.2, -0.15) is 4.80 Å². The Labute approximate surface area is 167 Å². The first-order valence-corrected chi connectivity index (χ1v) is 9.14. The van der Waals surface area contributed by atoms with E-state index in [1.54, 1.807) is 23.0 Å². The van der Waals surface area contributed by atoms with E-state index < -0.39 is 0 Å².